The summed E-state index contributed by atoms with van der Waals surface area (Å²) in [5, 5.41) is 17.8. The summed E-state index contributed by atoms with van der Waals surface area (Å²) < 4.78 is 20.7. The minimum atomic E-state index is -1.34. The second-order valence-electron chi connectivity index (χ2n) is 9.96. The van der Waals surface area contributed by atoms with Crippen LogP contribution in [0.2, 0.25) is 0 Å². The Morgan fingerprint density at radius 3 is 2.92 bits per heavy atom. The Bertz CT molecular complexity index is 1050. The monoisotopic (exact) mass is 516 g/mol. The number of nitrogens with one attached hydrogen (secondary N) is 3. The van der Waals surface area contributed by atoms with Crippen LogP contribution in [0.15, 0.2) is 18.2 Å². The third kappa shape index (κ3) is 4.56. The van der Waals surface area contributed by atoms with Gasteiger partial charge < -0.3 is 20.3 Å². The first-order chi connectivity index (χ1) is 17.4. The molecular formula is C25H33FN6O3S. The highest BCUT2D eigenvalue weighted by Crippen LogP contribution is 2.41. The van der Waals surface area contributed by atoms with E-state index in [4.69, 9.17) is 4.74 Å². The molecule has 0 bridgehead atoms. The number of fused-ring (bicyclic) bond motifs is 1. The van der Waals surface area contributed by atoms with Gasteiger partial charge in [0.15, 0.2) is 0 Å². The number of rotatable bonds is 5. The third-order valence-corrected chi connectivity index (χ3v) is 8.84. The van der Waals surface area contributed by atoms with Crippen LogP contribution in [-0.2, 0) is 9.53 Å². The van der Waals surface area contributed by atoms with Gasteiger partial charge in [-0.1, -0.05) is 0 Å². The molecule has 2 amide bonds. The maximum atomic E-state index is 15.4. The number of piperidine rings is 1. The number of ether oxygens (including phenoxy) is 1. The van der Waals surface area contributed by atoms with Gasteiger partial charge >= 0.3 is 0 Å². The number of carbonyl (C=O) groups is 2. The van der Waals surface area contributed by atoms with Crippen LogP contribution < -0.4 is 16.1 Å². The average Bonchev–Trinajstić information content (AvgIpc) is 3.26. The van der Waals surface area contributed by atoms with Crippen molar-refractivity contribution in [3.63, 3.8) is 0 Å². The number of alkyl halides is 1. The first-order valence-corrected chi connectivity index (χ1v) is 13.8. The molecule has 0 saturated carbocycles. The normalized spacial score (nSPS) is 32.9. The number of thioether (sulfide) groups is 1. The second kappa shape index (κ2) is 10.5. The van der Waals surface area contributed by atoms with E-state index in [-0.39, 0.29) is 30.9 Å². The lowest BCUT2D eigenvalue weighted by Gasteiger charge is -2.48. The number of benzene rings is 1. The van der Waals surface area contributed by atoms with Gasteiger partial charge in [-0.15, -0.1) is 0 Å². The summed E-state index contributed by atoms with van der Waals surface area (Å²) in [7, 11) is 0. The largest absolute Gasteiger partial charge is 0.378 e. The summed E-state index contributed by atoms with van der Waals surface area (Å²) in [6.45, 7) is 4.24. The lowest BCUT2D eigenvalue weighted by molar-refractivity contribution is -0.133. The summed E-state index contributed by atoms with van der Waals surface area (Å²) in [5.41, 5.74) is 4.64. The molecule has 0 aliphatic carbocycles. The molecule has 194 valence electrons. The molecule has 36 heavy (non-hydrogen) atoms. The Morgan fingerprint density at radius 1 is 1.39 bits per heavy atom. The molecule has 4 aliphatic heterocycles. The van der Waals surface area contributed by atoms with E-state index in [2.05, 4.69) is 22.1 Å². The minimum absolute atomic E-state index is 0.00695. The first-order valence-electron chi connectivity index (χ1n) is 12.6. The molecule has 1 aromatic carbocycles. The van der Waals surface area contributed by atoms with E-state index >= 15 is 4.39 Å². The molecule has 11 heteroatoms. The SMILES string of the molecule is Cc1cc(NC2NN([C@]3(CC#N)CCOC[C@@H]3F)C3CCNC(=O)C23)ccc1C(=O)N1CCSCC1. The zero-order valence-electron chi connectivity index (χ0n) is 20.5. The van der Waals surface area contributed by atoms with Gasteiger partial charge in [0, 0.05) is 55.0 Å². The highest BCUT2D eigenvalue weighted by molar-refractivity contribution is 7.99. The van der Waals surface area contributed by atoms with Gasteiger partial charge in [-0.3, -0.25) is 9.59 Å². The molecule has 3 N–H and O–H groups in total. The molecule has 4 fully saturated rings. The second-order valence-corrected chi connectivity index (χ2v) is 11.2. The van der Waals surface area contributed by atoms with Crippen LogP contribution in [-0.4, -0.2) is 90.0 Å². The maximum Gasteiger partial charge on any atom is 0.254 e. The van der Waals surface area contributed by atoms with Crippen molar-refractivity contribution in [1.29, 1.82) is 5.26 Å². The predicted octanol–water partition coefficient (Wildman–Crippen LogP) is 1.66. The van der Waals surface area contributed by atoms with E-state index in [0.29, 0.717) is 31.6 Å². The molecule has 1 aromatic rings. The van der Waals surface area contributed by atoms with Crippen molar-refractivity contribution in [2.45, 2.75) is 50.1 Å². The van der Waals surface area contributed by atoms with Crippen molar-refractivity contribution >= 4 is 29.3 Å². The highest BCUT2D eigenvalue weighted by atomic mass is 32.2. The fraction of sp³-hybridized carbons (Fsp3) is 0.640. The van der Waals surface area contributed by atoms with Gasteiger partial charge in [-0.2, -0.15) is 17.0 Å². The zero-order valence-corrected chi connectivity index (χ0v) is 21.3. The van der Waals surface area contributed by atoms with Crippen molar-refractivity contribution in [2.75, 3.05) is 49.7 Å². The average molecular weight is 517 g/mol. The number of anilines is 1. The number of aryl methyl sites for hydroxylation is 1. The van der Waals surface area contributed by atoms with Crippen molar-refractivity contribution in [1.82, 2.24) is 20.7 Å². The van der Waals surface area contributed by atoms with Crippen LogP contribution >= 0.6 is 11.8 Å². The molecule has 4 saturated heterocycles. The number of hydrogen-bond acceptors (Lipinski definition) is 8. The molecule has 0 spiro atoms. The van der Waals surface area contributed by atoms with E-state index in [9.17, 15) is 14.9 Å². The Balaban J connectivity index is 1.38. The smallest absolute Gasteiger partial charge is 0.254 e. The van der Waals surface area contributed by atoms with Gasteiger partial charge in [-0.25, -0.2) is 14.8 Å². The van der Waals surface area contributed by atoms with Crippen LogP contribution in [0.25, 0.3) is 0 Å². The highest BCUT2D eigenvalue weighted by Gasteiger charge is 2.57. The Kier molecular flexibility index (Phi) is 7.40. The lowest BCUT2D eigenvalue weighted by Crippen LogP contribution is -2.65. The van der Waals surface area contributed by atoms with E-state index in [0.717, 1.165) is 35.8 Å². The number of nitrogens with zero attached hydrogens (tertiary/aromatic N) is 3. The molecule has 5 rings (SSSR count). The van der Waals surface area contributed by atoms with Crippen molar-refractivity contribution in [3.05, 3.63) is 29.3 Å². The third-order valence-electron chi connectivity index (χ3n) is 7.89. The number of hydrazine groups is 1. The summed E-state index contributed by atoms with van der Waals surface area (Å²) in [4.78, 5) is 27.9. The van der Waals surface area contributed by atoms with Crippen LogP contribution in [0, 0.1) is 24.2 Å². The predicted molar refractivity (Wildman–Crippen MR) is 135 cm³/mol. The first kappa shape index (κ1) is 25.3. The summed E-state index contributed by atoms with van der Waals surface area (Å²) in [6, 6.07) is 7.53. The Labute approximate surface area is 215 Å². The van der Waals surface area contributed by atoms with Crippen molar-refractivity contribution in [2.24, 2.45) is 5.92 Å². The van der Waals surface area contributed by atoms with E-state index in [1.165, 1.54) is 0 Å². The molecule has 0 aromatic heterocycles. The van der Waals surface area contributed by atoms with Gasteiger partial charge in [0.25, 0.3) is 5.91 Å². The van der Waals surface area contributed by atoms with Crippen LogP contribution in [0.4, 0.5) is 10.1 Å². The number of amides is 2. The number of halogens is 1. The van der Waals surface area contributed by atoms with Crippen molar-refractivity contribution < 1.29 is 18.7 Å². The van der Waals surface area contributed by atoms with E-state index in [1.807, 2.05) is 46.8 Å². The fourth-order valence-electron chi connectivity index (χ4n) is 5.94. The summed E-state index contributed by atoms with van der Waals surface area (Å²) >= 11 is 1.86. The number of carbonyl (C=O) groups excluding carboxylic acids is 2. The standard InChI is InChI=1S/C25H33FN6O3S/c1-16-14-17(2-3-18(16)24(34)31-9-12-36-13-10-31)29-22-21-19(4-8-28-23(21)33)32(30-22)25(5-7-27)6-11-35-15-20(25)26/h2-3,14,19-22,29-30H,4-6,8-13,15H2,1H3,(H,28,33)/t19?,20-,21?,22?,25+/m0/s1. The molecular weight excluding hydrogens is 483 g/mol. The van der Waals surface area contributed by atoms with Gasteiger partial charge in [0.1, 0.15) is 12.3 Å². The zero-order chi connectivity index (χ0) is 25.3. The Hall–Kier alpha value is -2.39. The van der Waals surface area contributed by atoms with Gasteiger partial charge in [-0.05, 0) is 43.5 Å². The quantitative estimate of drug-likeness (QED) is 0.542. The van der Waals surface area contributed by atoms with Crippen LogP contribution in [0.1, 0.15) is 35.2 Å². The molecule has 4 heterocycles. The van der Waals surface area contributed by atoms with Crippen molar-refractivity contribution in [3.8, 4) is 6.07 Å². The van der Waals surface area contributed by atoms with E-state index in [1.54, 1.807) is 0 Å². The van der Waals surface area contributed by atoms with Gasteiger partial charge in [0.05, 0.1) is 30.6 Å². The van der Waals surface area contributed by atoms with Crippen LogP contribution in [0.3, 0.4) is 0 Å². The number of hydrogen-bond donors (Lipinski definition) is 3. The fourth-order valence-corrected chi connectivity index (χ4v) is 6.84. The van der Waals surface area contributed by atoms with Gasteiger partial charge in [0.2, 0.25) is 5.91 Å². The Morgan fingerprint density at radius 2 is 2.19 bits per heavy atom. The molecule has 4 aliphatic rings. The maximum absolute atomic E-state index is 15.4. The minimum Gasteiger partial charge on any atom is -0.378 e. The lowest BCUT2D eigenvalue weighted by atomic mass is 9.81. The summed E-state index contributed by atoms with van der Waals surface area (Å²) in [6.07, 6.45) is -0.794. The van der Waals surface area contributed by atoms with E-state index < -0.39 is 23.8 Å². The molecule has 9 nitrogen and oxygen atoms in total. The topological polar surface area (TPSA) is 110 Å². The molecule has 5 atom stereocenters. The summed E-state index contributed by atoms with van der Waals surface area (Å²) in [5.74, 6) is 1.40. The molecule has 3 unspecified atom stereocenters. The number of nitriles is 1. The van der Waals surface area contributed by atoms with Crippen LogP contribution in [0.5, 0.6) is 0 Å². The molecule has 0 radical (unpaired) electrons.